The molecule has 0 radical (unpaired) electrons. The second kappa shape index (κ2) is 3.17. The second-order valence-electron chi connectivity index (χ2n) is 3.22. The standard InChI is InChI=1S/C9H12O3/c1-3-6-4-7(11)8(5(2)10)9(6)12/h6,8H,3-4H2,1-2H3. The topological polar surface area (TPSA) is 51.2 Å². The van der Waals surface area contributed by atoms with Crippen LogP contribution in [0.2, 0.25) is 0 Å². The highest BCUT2D eigenvalue weighted by Gasteiger charge is 2.42. The fourth-order valence-corrected chi connectivity index (χ4v) is 1.63. The van der Waals surface area contributed by atoms with Crippen molar-refractivity contribution in [3.63, 3.8) is 0 Å². The molecule has 0 saturated heterocycles. The number of hydrogen-bond donors (Lipinski definition) is 0. The van der Waals surface area contributed by atoms with Crippen molar-refractivity contribution >= 4 is 17.3 Å². The van der Waals surface area contributed by atoms with Crippen molar-refractivity contribution in [3.05, 3.63) is 0 Å². The van der Waals surface area contributed by atoms with Crippen LogP contribution in [0.25, 0.3) is 0 Å². The first-order valence-electron chi connectivity index (χ1n) is 4.14. The first kappa shape index (κ1) is 9.10. The summed E-state index contributed by atoms with van der Waals surface area (Å²) in [5, 5.41) is 0. The van der Waals surface area contributed by atoms with E-state index in [0.29, 0.717) is 6.42 Å². The molecule has 0 aromatic rings. The molecule has 1 aliphatic carbocycles. The SMILES string of the molecule is CCC1CC(=O)C(C(C)=O)C1=O. The largest absolute Gasteiger partial charge is 0.299 e. The summed E-state index contributed by atoms with van der Waals surface area (Å²) in [7, 11) is 0. The maximum absolute atomic E-state index is 11.3. The normalized spacial score (nSPS) is 29.5. The quantitative estimate of drug-likeness (QED) is 0.572. The lowest BCUT2D eigenvalue weighted by Crippen LogP contribution is -2.24. The Kier molecular flexibility index (Phi) is 2.40. The van der Waals surface area contributed by atoms with Gasteiger partial charge in [-0.2, -0.15) is 0 Å². The molecule has 1 rings (SSSR count). The van der Waals surface area contributed by atoms with E-state index in [1.54, 1.807) is 0 Å². The van der Waals surface area contributed by atoms with Crippen LogP contribution in [-0.2, 0) is 14.4 Å². The average Bonchev–Trinajstić information content (AvgIpc) is 2.25. The lowest BCUT2D eigenvalue weighted by Gasteiger charge is -2.02. The molecule has 0 amide bonds. The summed E-state index contributed by atoms with van der Waals surface area (Å²) in [6, 6.07) is 0. The van der Waals surface area contributed by atoms with E-state index in [2.05, 4.69) is 0 Å². The predicted octanol–water partition coefficient (Wildman–Crippen LogP) is 0.760. The fourth-order valence-electron chi connectivity index (χ4n) is 1.63. The summed E-state index contributed by atoms with van der Waals surface area (Å²) < 4.78 is 0. The third-order valence-corrected chi connectivity index (χ3v) is 2.36. The van der Waals surface area contributed by atoms with Crippen LogP contribution in [0.1, 0.15) is 26.7 Å². The van der Waals surface area contributed by atoms with Gasteiger partial charge in [0.05, 0.1) is 0 Å². The van der Waals surface area contributed by atoms with E-state index >= 15 is 0 Å². The highest BCUT2D eigenvalue weighted by molar-refractivity contribution is 6.23. The summed E-state index contributed by atoms with van der Waals surface area (Å²) >= 11 is 0. The summed E-state index contributed by atoms with van der Waals surface area (Å²) in [4.78, 5) is 33.4. The van der Waals surface area contributed by atoms with E-state index in [0.717, 1.165) is 0 Å². The van der Waals surface area contributed by atoms with Crippen LogP contribution >= 0.6 is 0 Å². The lowest BCUT2D eigenvalue weighted by atomic mass is 9.98. The molecular weight excluding hydrogens is 156 g/mol. The number of hydrogen-bond acceptors (Lipinski definition) is 3. The van der Waals surface area contributed by atoms with Gasteiger partial charge in [-0.15, -0.1) is 0 Å². The van der Waals surface area contributed by atoms with E-state index in [9.17, 15) is 14.4 Å². The van der Waals surface area contributed by atoms with Crippen molar-refractivity contribution in [2.45, 2.75) is 26.7 Å². The van der Waals surface area contributed by atoms with Crippen LogP contribution in [0, 0.1) is 11.8 Å². The average molecular weight is 168 g/mol. The molecule has 0 heterocycles. The van der Waals surface area contributed by atoms with E-state index in [1.807, 2.05) is 6.92 Å². The zero-order valence-electron chi connectivity index (χ0n) is 7.29. The molecule has 3 nitrogen and oxygen atoms in total. The van der Waals surface area contributed by atoms with E-state index in [-0.39, 0.29) is 29.7 Å². The highest BCUT2D eigenvalue weighted by Crippen LogP contribution is 2.26. The van der Waals surface area contributed by atoms with Gasteiger partial charge in [-0.05, 0) is 13.3 Å². The molecule has 0 aromatic heterocycles. The van der Waals surface area contributed by atoms with Crippen LogP contribution in [0.3, 0.4) is 0 Å². The van der Waals surface area contributed by atoms with Gasteiger partial charge in [0.2, 0.25) is 0 Å². The highest BCUT2D eigenvalue weighted by atomic mass is 16.2. The van der Waals surface area contributed by atoms with Crippen molar-refractivity contribution in [3.8, 4) is 0 Å². The van der Waals surface area contributed by atoms with Crippen molar-refractivity contribution in [2.24, 2.45) is 11.8 Å². The number of carbonyl (C=O) groups excluding carboxylic acids is 3. The second-order valence-corrected chi connectivity index (χ2v) is 3.22. The van der Waals surface area contributed by atoms with Crippen molar-refractivity contribution in [1.29, 1.82) is 0 Å². The minimum absolute atomic E-state index is 0.171. The first-order chi connectivity index (χ1) is 5.57. The van der Waals surface area contributed by atoms with Crippen molar-refractivity contribution < 1.29 is 14.4 Å². The molecule has 1 aliphatic rings. The zero-order valence-corrected chi connectivity index (χ0v) is 7.29. The van der Waals surface area contributed by atoms with Gasteiger partial charge in [0, 0.05) is 12.3 Å². The van der Waals surface area contributed by atoms with Gasteiger partial charge in [-0.25, -0.2) is 0 Å². The molecule has 12 heavy (non-hydrogen) atoms. The van der Waals surface area contributed by atoms with Crippen LogP contribution in [0.4, 0.5) is 0 Å². The Balaban J connectivity index is 2.84. The molecule has 0 bridgehead atoms. The molecular formula is C9H12O3. The number of Topliss-reactive ketones (excluding diaryl/α,β-unsaturated/α-hetero) is 3. The third kappa shape index (κ3) is 1.31. The van der Waals surface area contributed by atoms with E-state index in [1.165, 1.54) is 6.92 Å². The van der Waals surface area contributed by atoms with Gasteiger partial charge in [0.1, 0.15) is 11.7 Å². The van der Waals surface area contributed by atoms with Gasteiger partial charge in [0.15, 0.2) is 11.6 Å². The molecule has 0 N–H and O–H groups in total. The molecule has 1 saturated carbocycles. The number of ketones is 3. The van der Waals surface area contributed by atoms with Gasteiger partial charge in [0.25, 0.3) is 0 Å². The maximum atomic E-state index is 11.3. The molecule has 2 unspecified atom stereocenters. The van der Waals surface area contributed by atoms with Gasteiger partial charge in [-0.3, -0.25) is 14.4 Å². The van der Waals surface area contributed by atoms with Crippen LogP contribution in [-0.4, -0.2) is 17.3 Å². The smallest absolute Gasteiger partial charge is 0.154 e. The minimum atomic E-state index is -0.935. The summed E-state index contributed by atoms with van der Waals surface area (Å²) in [5.41, 5.74) is 0. The molecule has 0 aliphatic heterocycles. The van der Waals surface area contributed by atoms with Crippen LogP contribution < -0.4 is 0 Å². The van der Waals surface area contributed by atoms with Crippen molar-refractivity contribution in [1.82, 2.24) is 0 Å². The lowest BCUT2D eigenvalue weighted by molar-refractivity contribution is -0.135. The van der Waals surface area contributed by atoms with Gasteiger partial charge in [-0.1, -0.05) is 6.92 Å². The molecule has 0 aromatic carbocycles. The van der Waals surface area contributed by atoms with Gasteiger partial charge >= 0.3 is 0 Å². The number of rotatable bonds is 2. The monoisotopic (exact) mass is 168 g/mol. The Bertz CT molecular complexity index is 242. The fraction of sp³-hybridized carbons (Fsp3) is 0.667. The Labute approximate surface area is 71.1 Å². The zero-order chi connectivity index (χ0) is 9.30. The first-order valence-corrected chi connectivity index (χ1v) is 4.14. The van der Waals surface area contributed by atoms with Crippen LogP contribution in [0.5, 0.6) is 0 Å². The Morgan fingerprint density at radius 2 is 2.08 bits per heavy atom. The Morgan fingerprint density at radius 1 is 1.50 bits per heavy atom. The Hall–Kier alpha value is -0.990. The summed E-state index contributed by atoms with van der Waals surface area (Å²) in [6.07, 6.45) is 0.925. The van der Waals surface area contributed by atoms with Crippen LogP contribution in [0.15, 0.2) is 0 Å². The number of carbonyl (C=O) groups is 3. The van der Waals surface area contributed by atoms with E-state index in [4.69, 9.17) is 0 Å². The summed E-state index contributed by atoms with van der Waals surface area (Å²) in [6.45, 7) is 3.16. The summed E-state index contributed by atoms with van der Waals surface area (Å²) in [5.74, 6) is -1.81. The third-order valence-electron chi connectivity index (χ3n) is 2.36. The predicted molar refractivity (Wildman–Crippen MR) is 42.6 cm³/mol. The van der Waals surface area contributed by atoms with E-state index < -0.39 is 5.92 Å². The van der Waals surface area contributed by atoms with Crippen molar-refractivity contribution in [2.75, 3.05) is 0 Å². The molecule has 0 spiro atoms. The Morgan fingerprint density at radius 3 is 2.33 bits per heavy atom. The maximum Gasteiger partial charge on any atom is 0.154 e. The minimum Gasteiger partial charge on any atom is -0.299 e. The molecule has 1 fully saturated rings. The molecule has 2 atom stereocenters. The molecule has 3 heteroatoms. The molecule has 66 valence electrons. The van der Waals surface area contributed by atoms with Gasteiger partial charge < -0.3 is 0 Å².